The van der Waals surface area contributed by atoms with E-state index in [4.69, 9.17) is 9.47 Å². The van der Waals surface area contributed by atoms with Crippen molar-refractivity contribution >= 4 is 0 Å². The molecule has 1 spiro atoms. The first kappa shape index (κ1) is 6.04. The normalized spacial score (nSPS) is 28.0. The van der Waals surface area contributed by atoms with E-state index in [1.807, 2.05) is 0 Å². The monoisotopic (exact) mass is 140 g/mol. The minimum atomic E-state index is -0.332. The number of hydrogen-bond acceptors (Lipinski definition) is 2. The Morgan fingerprint density at radius 3 is 2.30 bits per heavy atom. The van der Waals surface area contributed by atoms with Gasteiger partial charge in [0.1, 0.15) is 12.5 Å². The van der Waals surface area contributed by atoms with Crippen LogP contribution in [0.15, 0.2) is 12.5 Å². The van der Waals surface area contributed by atoms with Crippen LogP contribution in [0.1, 0.15) is 12.8 Å². The van der Waals surface area contributed by atoms with Gasteiger partial charge in [-0.2, -0.15) is 0 Å². The van der Waals surface area contributed by atoms with Gasteiger partial charge in [0.15, 0.2) is 0 Å². The lowest BCUT2D eigenvalue weighted by atomic mass is 10.1. The molecule has 2 aliphatic rings. The molecular weight excluding hydrogens is 130 g/mol. The zero-order valence-corrected chi connectivity index (χ0v) is 5.75. The first-order valence-electron chi connectivity index (χ1n) is 3.55. The Bertz CT molecular complexity index is 140. The fourth-order valence-electron chi connectivity index (χ4n) is 1.30. The van der Waals surface area contributed by atoms with E-state index in [-0.39, 0.29) is 5.79 Å². The summed E-state index contributed by atoms with van der Waals surface area (Å²) in [5.74, 6) is -0.332. The molecule has 0 aromatic heterocycles. The number of ether oxygens (including phenoxy) is 2. The van der Waals surface area contributed by atoms with Gasteiger partial charge in [-0.3, -0.25) is 0 Å². The van der Waals surface area contributed by atoms with Gasteiger partial charge in [0.05, 0.1) is 0 Å². The summed E-state index contributed by atoms with van der Waals surface area (Å²) in [6, 6.07) is 0. The van der Waals surface area contributed by atoms with Crippen LogP contribution in [0.4, 0.5) is 0 Å². The number of nitrogens with zero attached hydrogens (tertiary/aromatic N) is 1. The predicted octanol–water partition coefficient (Wildman–Crippen LogP) is 0.599. The van der Waals surface area contributed by atoms with Crippen LogP contribution in [0.3, 0.4) is 0 Å². The molecule has 1 fully saturated rings. The molecule has 0 atom stereocenters. The lowest BCUT2D eigenvalue weighted by Crippen LogP contribution is -2.39. The van der Waals surface area contributed by atoms with Crippen molar-refractivity contribution in [3.63, 3.8) is 0 Å². The lowest BCUT2D eigenvalue weighted by Gasteiger charge is -2.30. The molecule has 2 rings (SSSR count). The lowest BCUT2D eigenvalue weighted by molar-refractivity contribution is -0.158. The van der Waals surface area contributed by atoms with E-state index in [1.54, 1.807) is 12.5 Å². The zero-order valence-electron chi connectivity index (χ0n) is 5.75. The van der Waals surface area contributed by atoms with Crippen molar-refractivity contribution in [3.8, 4) is 0 Å². The van der Waals surface area contributed by atoms with Crippen LogP contribution in [-0.4, -0.2) is 18.9 Å². The maximum absolute atomic E-state index is 5.32. The summed E-state index contributed by atoms with van der Waals surface area (Å²) in [7, 11) is 0. The Morgan fingerprint density at radius 2 is 1.70 bits per heavy atom. The van der Waals surface area contributed by atoms with Gasteiger partial charge in [-0.25, -0.2) is 5.32 Å². The molecule has 0 aromatic carbocycles. The molecule has 3 nitrogen and oxygen atoms in total. The average molecular weight is 140 g/mol. The molecule has 2 heterocycles. The maximum Gasteiger partial charge on any atom is 0.252 e. The summed E-state index contributed by atoms with van der Waals surface area (Å²) in [5, 5.41) is 4.21. The highest BCUT2D eigenvalue weighted by Gasteiger charge is 2.37. The molecule has 55 valence electrons. The first-order valence-corrected chi connectivity index (χ1v) is 3.55. The Kier molecular flexibility index (Phi) is 1.31. The van der Waals surface area contributed by atoms with E-state index in [9.17, 15) is 0 Å². The third kappa shape index (κ3) is 0.865. The van der Waals surface area contributed by atoms with Crippen molar-refractivity contribution in [2.75, 3.05) is 13.1 Å². The molecule has 0 amide bonds. The molecule has 0 aromatic rings. The van der Waals surface area contributed by atoms with Gasteiger partial charge in [0.2, 0.25) is 0 Å². The van der Waals surface area contributed by atoms with Crippen LogP contribution >= 0.6 is 0 Å². The molecule has 1 saturated heterocycles. The van der Waals surface area contributed by atoms with Crippen molar-refractivity contribution in [2.45, 2.75) is 18.6 Å². The van der Waals surface area contributed by atoms with Crippen molar-refractivity contribution < 1.29 is 9.47 Å². The summed E-state index contributed by atoms with van der Waals surface area (Å²) in [6.45, 7) is 1.73. The Morgan fingerprint density at radius 1 is 1.10 bits per heavy atom. The van der Waals surface area contributed by atoms with E-state index < -0.39 is 0 Å². The number of hydrogen-bond donors (Lipinski definition) is 0. The molecule has 0 N–H and O–H groups in total. The molecule has 10 heavy (non-hydrogen) atoms. The van der Waals surface area contributed by atoms with Crippen LogP contribution in [0.2, 0.25) is 0 Å². The first-order chi connectivity index (χ1) is 4.91. The highest BCUT2D eigenvalue weighted by molar-refractivity contribution is 4.87. The van der Waals surface area contributed by atoms with E-state index in [0.29, 0.717) is 0 Å². The third-order valence-electron chi connectivity index (χ3n) is 1.92. The second-order valence-electron chi connectivity index (χ2n) is 2.59. The standard InChI is InChI=1S/C7H10NO2/c1-3-8-4-2-7(1)9-5-6-10-7/h5-6H,1-4H2. The van der Waals surface area contributed by atoms with Gasteiger partial charge >= 0.3 is 0 Å². The summed E-state index contributed by atoms with van der Waals surface area (Å²) >= 11 is 0. The van der Waals surface area contributed by atoms with Gasteiger partial charge in [0, 0.05) is 25.9 Å². The molecule has 2 aliphatic heterocycles. The van der Waals surface area contributed by atoms with E-state index in [0.717, 1.165) is 25.9 Å². The fraction of sp³-hybridized carbons (Fsp3) is 0.714. The topological polar surface area (TPSA) is 32.6 Å². The minimum absolute atomic E-state index is 0.332. The SMILES string of the molecule is C1=COC2(CC[N]CC2)O1. The fourth-order valence-corrected chi connectivity index (χ4v) is 1.30. The maximum atomic E-state index is 5.32. The predicted molar refractivity (Wildman–Crippen MR) is 35.1 cm³/mol. The van der Waals surface area contributed by atoms with Crippen LogP contribution in [0.25, 0.3) is 0 Å². The second-order valence-corrected chi connectivity index (χ2v) is 2.59. The smallest absolute Gasteiger partial charge is 0.252 e. The summed E-state index contributed by atoms with van der Waals surface area (Å²) in [6.07, 6.45) is 5.01. The van der Waals surface area contributed by atoms with Gasteiger partial charge in [-0.05, 0) is 0 Å². The molecule has 3 heteroatoms. The van der Waals surface area contributed by atoms with Gasteiger partial charge in [-0.15, -0.1) is 0 Å². The van der Waals surface area contributed by atoms with Crippen molar-refractivity contribution in [2.24, 2.45) is 0 Å². The van der Waals surface area contributed by atoms with Gasteiger partial charge in [0.25, 0.3) is 5.79 Å². The highest BCUT2D eigenvalue weighted by atomic mass is 16.7. The Labute approximate surface area is 60.0 Å². The average Bonchev–Trinajstić information content (AvgIpc) is 2.39. The van der Waals surface area contributed by atoms with Crippen LogP contribution in [0, 0.1) is 0 Å². The molecule has 0 bridgehead atoms. The largest absolute Gasteiger partial charge is 0.457 e. The van der Waals surface area contributed by atoms with Gasteiger partial charge in [-0.1, -0.05) is 0 Å². The molecule has 0 saturated carbocycles. The summed E-state index contributed by atoms with van der Waals surface area (Å²) in [4.78, 5) is 0. The Balaban J connectivity index is 2.00. The van der Waals surface area contributed by atoms with Crippen molar-refractivity contribution in [1.29, 1.82) is 0 Å². The van der Waals surface area contributed by atoms with E-state index in [2.05, 4.69) is 5.32 Å². The minimum Gasteiger partial charge on any atom is -0.457 e. The summed E-state index contributed by atoms with van der Waals surface area (Å²) < 4.78 is 10.6. The van der Waals surface area contributed by atoms with Gasteiger partial charge < -0.3 is 9.47 Å². The molecular formula is C7H10NO2. The number of rotatable bonds is 0. The number of piperidine rings is 1. The van der Waals surface area contributed by atoms with Crippen LogP contribution < -0.4 is 5.32 Å². The Hall–Kier alpha value is -0.700. The highest BCUT2D eigenvalue weighted by Crippen LogP contribution is 2.29. The van der Waals surface area contributed by atoms with E-state index >= 15 is 0 Å². The molecule has 0 aliphatic carbocycles. The van der Waals surface area contributed by atoms with Crippen molar-refractivity contribution in [3.05, 3.63) is 12.5 Å². The van der Waals surface area contributed by atoms with Crippen LogP contribution in [-0.2, 0) is 9.47 Å². The third-order valence-corrected chi connectivity index (χ3v) is 1.92. The molecule has 0 unspecified atom stereocenters. The zero-order chi connectivity index (χ0) is 6.86. The second kappa shape index (κ2) is 2.16. The van der Waals surface area contributed by atoms with Crippen molar-refractivity contribution in [1.82, 2.24) is 5.32 Å². The van der Waals surface area contributed by atoms with Crippen LogP contribution in [0.5, 0.6) is 0 Å². The molecule has 1 radical (unpaired) electrons. The van der Waals surface area contributed by atoms with E-state index in [1.165, 1.54) is 0 Å². The summed E-state index contributed by atoms with van der Waals surface area (Å²) in [5.41, 5.74) is 0. The quantitative estimate of drug-likeness (QED) is 0.493.